The summed E-state index contributed by atoms with van der Waals surface area (Å²) in [6.07, 6.45) is 0.738. The zero-order valence-corrected chi connectivity index (χ0v) is 32.4. The van der Waals surface area contributed by atoms with Crippen LogP contribution in [0.1, 0.15) is 62.7 Å². The number of esters is 2. The van der Waals surface area contributed by atoms with Crippen molar-refractivity contribution in [1.82, 2.24) is 15.1 Å². The number of ether oxygens (including phenoxy) is 6. The maximum Gasteiger partial charge on any atom is 0.331 e. The summed E-state index contributed by atoms with van der Waals surface area (Å²) in [6, 6.07) is 3.56. The predicted molar refractivity (Wildman–Crippen MR) is 200 cm³/mol. The molecule has 292 valence electrons. The zero-order valence-electron chi connectivity index (χ0n) is 31.6. The molecular weight excluding hydrogens is 745 g/mol. The lowest BCUT2D eigenvalue weighted by molar-refractivity contribution is -0.154. The number of rotatable bonds is 3. The summed E-state index contributed by atoms with van der Waals surface area (Å²) in [4.78, 5) is 31.6. The van der Waals surface area contributed by atoms with E-state index in [1.54, 1.807) is 26.0 Å². The van der Waals surface area contributed by atoms with Gasteiger partial charge in [0.15, 0.2) is 40.0 Å². The van der Waals surface area contributed by atoms with Crippen LogP contribution in [0.25, 0.3) is 5.70 Å². The van der Waals surface area contributed by atoms with Crippen molar-refractivity contribution in [3.8, 4) is 52.1 Å². The molecule has 4 N–H and O–H groups in total. The summed E-state index contributed by atoms with van der Waals surface area (Å²) in [5.74, 6) is 0.0198. The monoisotopic (exact) mass is 784 g/mol. The number of fused-ring (bicyclic) bond motifs is 9. The van der Waals surface area contributed by atoms with Crippen molar-refractivity contribution in [3.63, 3.8) is 0 Å². The SMILES string of the molecule is COc1cc2c(cc1O)CCN[C@]21CS[C@H]2C3=C4c5c(O)c(OC)c(C)c(O)c5C[C@@H]([C@H](C#N)N3[C@@H](COC1=O)c1c3c(c(C)c(OC(C)=O)c12)OCO3)N4C. The molecule has 3 aromatic rings. The van der Waals surface area contributed by atoms with Gasteiger partial charge >= 0.3 is 11.9 Å². The Bertz CT molecular complexity index is 2360. The van der Waals surface area contributed by atoms with E-state index in [1.807, 2.05) is 16.8 Å². The van der Waals surface area contributed by atoms with Crippen molar-refractivity contribution in [2.75, 3.05) is 47.0 Å². The van der Waals surface area contributed by atoms with Crippen LogP contribution < -0.4 is 29.0 Å². The number of phenolic OH excluding ortho intramolecular Hbond substituents is 3. The van der Waals surface area contributed by atoms with Crippen LogP contribution in [0.5, 0.6) is 46.0 Å². The topological polar surface area (TPSA) is 193 Å². The minimum Gasteiger partial charge on any atom is -0.507 e. The van der Waals surface area contributed by atoms with Crippen molar-refractivity contribution < 1.29 is 53.3 Å². The second kappa shape index (κ2) is 12.7. The van der Waals surface area contributed by atoms with Crippen LogP contribution in [-0.4, -0.2) is 96.1 Å². The van der Waals surface area contributed by atoms with Gasteiger partial charge in [0, 0.05) is 60.5 Å². The van der Waals surface area contributed by atoms with E-state index in [0.29, 0.717) is 74.8 Å². The average molecular weight is 785 g/mol. The maximum absolute atomic E-state index is 14.7. The molecule has 0 radical (unpaired) electrons. The van der Waals surface area contributed by atoms with E-state index < -0.39 is 40.9 Å². The van der Waals surface area contributed by atoms with E-state index in [4.69, 9.17) is 28.4 Å². The first kappa shape index (κ1) is 36.0. The molecule has 7 aliphatic heterocycles. The first-order valence-electron chi connectivity index (χ1n) is 18.2. The summed E-state index contributed by atoms with van der Waals surface area (Å²) in [5, 5.41) is 48.2. The van der Waals surface area contributed by atoms with Crippen molar-refractivity contribution in [3.05, 3.63) is 62.3 Å². The number of methoxy groups -OCH3 is 2. The van der Waals surface area contributed by atoms with Crippen LogP contribution in [0.2, 0.25) is 0 Å². The molecule has 1 fully saturated rings. The van der Waals surface area contributed by atoms with Crippen LogP contribution in [0.4, 0.5) is 0 Å². The number of aromatic hydroxyl groups is 3. The highest BCUT2D eigenvalue weighted by Crippen LogP contribution is 2.65. The van der Waals surface area contributed by atoms with Gasteiger partial charge in [-0.1, -0.05) is 0 Å². The number of benzene rings is 3. The molecule has 10 rings (SSSR count). The molecule has 15 nitrogen and oxygen atoms in total. The average Bonchev–Trinajstić information content (AvgIpc) is 3.67. The molecule has 4 bridgehead atoms. The van der Waals surface area contributed by atoms with Crippen LogP contribution in [0.3, 0.4) is 0 Å². The van der Waals surface area contributed by atoms with Gasteiger partial charge in [0.1, 0.15) is 24.1 Å². The molecule has 7 aliphatic rings. The highest BCUT2D eigenvalue weighted by Gasteiger charge is 2.57. The first-order valence-corrected chi connectivity index (χ1v) is 19.3. The normalized spacial score (nSPS) is 25.4. The number of nitrogens with one attached hydrogen (secondary N) is 1. The maximum atomic E-state index is 14.7. The standard InChI is InChI=1S/C40H40N4O11S/c1-16-32(47)20-10-22-23(12-41)44-24-13-52-39(49)40(21-11-26(50-5)25(46)9-19(21)7-8-42-40)14-56-38(31(44)30(43(22)4)27(20)33(48)35(16)51-6)29-28(24)37-36(53-15-54-37)17(2)34(29)55-18(3)45/h9,11,22-24,38,42,46-48H,7-8,10,13-15H2,1-6H3/t22-,23-,24-,38+,40+/m0/s1. The van der Waals surface area contributed by atoms with Crippen LogP contribution >= 0.6 is 11.8 Å². The summed E-state index contributed by atoms with van der Waals surface area (Å²) >= 11 is 1.36. The Morgan fingerprint density at radius 2 is 1.82 bits per heavy atom. The van der Waals surface area contributed by atoms with Gasteiger partial charge in [0.05, 0.1) is 54.6 Å². The van der Waals surface area contributed by atoms with E-state index in [2.05, 4.69) is 11.4 Å². The Hall–Kier alpha value is -5.66. The molecule has 56 heavy (non-hydrogen) atoms. The fourth-order valence-corrected chi connectivity index (χ4v) is 11.2. The van der Waals surface area contributed by atoms with Gasteiger partial charge in [-0.25, -0.2) is 4.79 Å². The fraction of sp³-hybridized carbons (Fsp3) is 0.425. The molecule has 1 spiro atoms. The van der Waals surface area contributed by atoms with E-state index in [9.17, 15) is 30.2 Å². The van der Waals surface area contributed by atoms with Crippen molar-refractivity contribution in [2.45, 2.75) is 62.5 Å². The summed E-state index contributed by atoms with van der Waals surface area (Å²) < 4.78 is 35.8. The summed E-state index contributed by atoms with van der Waals surface area (Å²) in [5.41, 5.74) is 3.89. The lowest BCUT2D eigenvalue weighted by atomic mass is 9.76. The van der Waals surface area contributed by atoms with Gasteiger partial charge in [-0.15, -0.1) is 11.8 Å². The van der Waals surface area contributed by atoms with E-state index in [-0.39, 0.29) is 60.1 Å². The summed E-state index contributed by atoms with van der Waals surface area (Å²) in [6.45, 7) is 4.80. The number of nitrogens with zero attached hydrogens (tertiary/aromatic N) is 3. The molecule has 0 aromatic heterocycles. The largest absolute Gasteiger partial charge is 0.507 e. The Morgan fingerprint density at radius 3 is 2.54 bits per heavy atom. The van der Waals surface area contributed by atoms with E-state index in [0.717, 1.165) is 5.56 Å². The second-order valence-electron chi connectivity index (χ2n) is 14.8. The van der Waals surface area contributed by atoms with Crippen molar-refractivity contribution in [1.29, 1.82) is 5.26 Å². The molecular formula is C40H40N4O11S. The fourth-order valence-electron chi connectivity index (χ4n) is 9.65. The Kier molecular flexibility index (Phi) is 8.16. The smallest absolute Gasteiger partial charge is 0.331 e. The molecule has 3 aromatic carbocycles. The quantitative estimate of drug-likeness (QED) is 0.169. The number of thioether (sulfide) groups is 1. The number of hydrogen-bond acceptors (Lipinski definition) is 16. The molecule has 0 unspecified atom stereocenters. The number of carbonyl (C=O) groups excluding carboxylic acids is 2. The van der Waals surface area contributed by atoms with Crippen LogP contribution in [0, 0.1) is 25.2 Å². The lowest BCUT2D eigenvalue weighted by Crippen LogP contribution is -2.61. The number of carbonyl (C=O) groups is 2. The molecule has 0 saturated carbocycles. The van der Waals surface area contributed by atoms with E-state index in [1.165, 1.54) is 32.9 Å². The van der Waals surface area contributed by atoms with Crippen LogP contribution in [0.15, 0.2) is 17.8 Å². The lowest BCUT2D eigenvalue weighted by Gasteiger charge is -2.57. The molecule has 0 aliphatic carbocycles. The second-order valence-corrected chi connectivity index (χ2v) is 15.9. The Balaban J connectivity index is 1.39. The molecule has 0 amide bonds. The number of hydrogen-bond donors (Lipinski definition) is 4. The third-order valence-corrected chi connectivity index (χ3v) is 13.5. The predicted octanol–water partition coefficient (Wildman–Crippen LogP) is 3.95. The Labute approximate surface area is 326 Å². The Morgan fingerprint density at radius 1 is 1.05 bits per heavy atom. The minimum absolute atomic E-state index is 0.0398. The van der Waals surface area contributed by atoms with Gasteiger partial charge in [0.25, 0.3) is 0 Å². The highest BCUT2D eigenvalue weighted by molar-refractivity contribution is 7.99. The third-order valence-electron chi connectivity index (χ3n) is 12.1. The van der Waals surface area contributed by atoms with Gasteiger partial charge < -0.3 is 53.5 Å². The molecule has 16 heteroatoms. The minimum atomic E-state index is -1.43. The van der Waals surface area contributed by atoms with Gasteiger partial charge in [0.2, 0.25) is 6.79 Å². The van der Waals surface area contributed by atoms with Gasteiger partial charge in [-0.2, -0.15) is 5.26 Å². The highest BCUT2D eigenvalue weighted by atomic mass is 32.2. The molecule has 1 saturated heterocycles. The number of phenols is 3. The zero-order chi connectivity index (χ0) is 39.5. The van der Waals surface area contributed by atoms with Gasteiger partial charge in [-0.3, -0.25) is 10.1 Å². The summed E-state index contributed by atoms with van der Waals surface area (Å²) in [7, 11) is 4.72. The van der Waals surface area contributed by atoms with Gasteiger partial charge in [-0.05, 0) is 43.5 Å². The number of nitriles is 1. The van der Waals surface area contributed by atoms with Crippen molar-refractivity contribution >= 4 is 29.4 Å². The molecule has 5 atom stereocenters. The first-order chi connectivity index (χ1) is 26.9. The third kappa shape index (κ3) is 4.67. The van der Waals surface area contributed by atoms with Crippen molar-refractivity contribution in [2.24, 2.45) is 0 Å². The molecule has 7 heterocycles. The van der Waals surface area contributed by atoms with E-state index >= 15 is 0 Å². The van der Waals surface area contributed by atoms with Crippen LogP contribution in [-0.2, 0) is 32.7 Å². The number of likely N-dealkylation sites (N-methyl/N-ethyl adjacent to an activating group) is 1.